The van der Waals surface area contributed by atoms with Gasteiger partial charge in [0.05, 0.1) is 0 Å². The van der Waals surface area contributed by atoms with Crippen molar-refractivity contribution in [1.29, 1.82) is 0 Å². The van der Waals surface area contributed by atoms with Crippen LogP contribution in [0.3, 0.4) is 0 Å². The Morgan fingerprint density at radius 2 is 0.667 bits per heavy atom. The summed E-state index contributed by atoms with van der Waals surface area (Å²) in [5, 5.41) is 0. The standard InChI is InChI=1S/C27H31/c1-3-5-7-9-11-13-15-17-19-21-23-25-27-26-24-22-20-18-16-14-12-10-8-6-4-2/h1,3,5,7-27H,4,6H2,2H3. The SMILES string of the molecule is [CH]=CC=CC=CC=CC=CC=CC=CC=CC=CC=CC=CC=CCCC. The molecule has 139 valence electrons. The van der Waals surface area contributed by atoms with Crippen LogP contribution in [0.5, 0.6) is 0 Å². The smallest absolute Gasteiger partial charge is 0.0350 e. The van der Waals surface area contributed by atoms with Gasteiger partial charge in [0.15, 0.2) is 0 Å². The van der Waals surface area contributed by atoms with E-state index in [1.54, 1.807) is 6.08 Å². The molecule has 0 spiro atoms. The Kier molecular flexibility index (Phi) is 20.2. The van der Waals surface area contributed by atoms with E-state index < -0.39 is 0 Å². The highest BCUT2D eigenvalue weighted by atomic mass is 13.8. The molecule has 0 aromatic carbocycles. The topological polar surface area (TPSA) is 0 Å². The molecule has 27 heavy (non-hydrogen) atoms. The maximum Gasteiger partial charge on any atom is -0.0350 e. The maximum atomic E-state index is 5.22. The predicted octanol–water partition coefficient (Wildman–Crippen LogP) is 7.89. The van der Waals surface area contributed by atoms with Gasteiger partial charge in [-0.2, -0.15) is 0 Å². The average molecular weight is 356 g/mol. The van der Waals surface area contributed by atoms with Gasteiger partial charge in [0, 0.05) is 0 Å². The Morgan fingerprint density at radius 3 is 0.926 bits per heavy atom. The summed E-state index contributed by atoms with van der Waals surface area (Å²) >= 11 is 0. The Morgan fingerprint density at radius 1 is 0.407 bits per heavy atom. The first-order valence-corrected chi connectivity index (χ1v) is 9.28. The fraction of sp³-hybridized carbons (Fsp3) is 0.111. The Labute approximate surface area is 166 Å². The van der Waals surface area contributed by atoms with Crippen molar-refractivity contribution in [2.75, 3.05) is 0 Å². The van der Waals surface area contributed by atoms with Crippen LogP contribution in [0.4, 0.5) is 0 Å². The minimum Gasteiger partial charge on any atom is -0.0845 e. The number of allylic oxidation sites excluding steroid dienone is 23. The van der Waals surface area contributed by atoms with Crippen molar-refractivity contribution in [2.24, 2.45) is 0 Å². The van der Waals surface area contributed by atoms with E-state index in [1.165, 1.54) is 12.5 Å². The molecule has 0 aliphatic heterocycles. The lowest BCUT2D eigenvalue weighted by molar-refractivity contribution is 0.959. The summed E-state index contributed by atoms with van der Waals surface area (Å²) in [5.41, 5.74) is 0. The molecule has 0 heterocycles. The van der Waals surface area contributed by atoms with E-state index in [0.717, 1.165) is 6.42 Å². The van der Waals surface area contributed by atoms with Crippen molar-refractivity contribution < 1.29 is 0 Å². The van der Waals surface area contributed by atoms with Gasteiger partial charge in [-0.1, -0.05) is 160 Å². The molecule has 0 rings (SSSR count). The van der Waals surface area contributed by atoms with Crippen molar-refractivity contribution >= 4 is 0 Å². The lowest BCUT2D eigenvalue weighted by Gasteiger charge is -1.79. The van der Waals surface area contributed by atoms with Crippen molar-refractivity contribution in [2.45, 2.75) is 19.8 Å². The van der Waals surface area contributed by atoms with E-state index in [0.29, 0.717) is 0 Å². The summed E-state index contributed by atoms with van der Waals surface area (Å²) in [4.78, 5) is 0. The molecule has 0 heteroatoms. The Bertz CT molecular complexity index is 663. The van der Waals surface area contributed by atoms with Crippen molar-refractivity contribution in [3.8, 4) is 0 Å². The summed E-state index contributed by atoms with van der Waals surface area (Å²) in [6, 6.07) is 0. The van der Waals surface area contributed by atoms with Gasteiger partial charge in [-0.3, -0.25) is 0 Å². The van der Waals surface area contributed by atoms with Crippen molar-refractivity contribution in [3.05, 3.63) is 146 Å². The van der Waals surface area contributed by atoms with E-state index in [1.807, 2.05) is 115 Å². The zero-order chi connectivity index (χ0) is 19.7. The molecule has 0 nitrogen and oxygen atoms in total. The molecule has 0 N–H and O–H groups in total. The number of hydrogen-bond acceptors (Lipinski definition) is 0. The first kappa shape index (κ1) is 23.9. The molecule has 0 fully saturated rings. The van der Waals surface area contributed by atoms with Crippen molar-refractivity contribution in [1.82, 2.24) is 0 Å². The van der Waals surface area contributed by atoms with Crippen LogP contribution in [-0.2, 0) is 0 Å². The molecule has 0 aliphatic rings. The molecule has 0 atom stereocenters. The van der Waals surface area contributed by atoms with Crippen LogP contribution in [0.2, 0.25) is 0 Å². The van der Waals surface area contributed by atoms with E-state index in [4.69, 9.17) is 6.58 Å². The van der Waals surface area contributed by atoms with E-state index in [9.17, 15) is 0 Å². The summed E-state index contributed by atoms with van der Waals surface area (Å²) < 4.78 is 0. The fourth-order valence-corrected chi connectivity index (χ4v) is 1.62. The second kappa shape index (κ2) is 22.9. The van der Waals surface area contributed by atoms with Crippen LogP contribution in [0.15, 0.2) is 140 Å². The van der Waals surface area contributed by atoms with Gasteiger partial charge in [-0.15, -0.1) is 0 Å². The van der Waals surface area contributed by atoms with E-state index in [-0.39, 0.29) is 0 Å². The van der Waals surface area contributed by atoms with E-state index >= 15 is 0 Å². The third kappa shape index (κ3) is 22.9. The predicted molar refractivity (Wildman–Crippen MR) is 124 cm³/mol. The van der Waals surface area contributed by atoms with Crippen LogP contribution in [-0.4, -0.2) is 0 Å². The first-order chi connectivity index (χ1) is 13.4. The highest BCUT2D eigenvalue weighted by Crippen LogP contribution is 1.90. The van der Waals surface area contributed by atoms with Gasteiger partial charge in [0.2, 0.25) is 0 Å². The zero-order valence-electron chi connectivity index (χ0n) is 16.3. The van der Waals surface area contributed by atoms with Crippen LogP contribution >= 0.6 is 0 Å². The maximum absolute atomic E-state index is 5.22. The Balaban J connectivity index is 3.91. The molecule has 0 aromatic rings. The zero-order valence-corrected chi connectivity index (χ0v) is 16.3. The van der Waals surface area contributed by atoms with Gasteiger partial charge >= 0.3 is 0 Å². The molecule has 1 radical (unpaired) electrons. The number of rotatable bonds is 13. The number of unbranched alkanes of at least 4 members (excludes halogenated alkanes) is 1. The van der Waals surface area contributed by atoms with Gasteiger partial charge in [0.1, 0.15) is 0 Å². The summed E-state index contributed by atoms with van der Waals surface area (Å²) in [6.45, 7) is 7.40. The quantitative estimate of drug-likeness (QED) is 0.295. The molecular formula is C27H31. The van der Waals surface area contributed by atoms with Crippen LogP contribution in [0, 0.1) is 6.58 Å². The third-order valence-electron chi connectivity index (χ3n) is 2.92. The molecule has 0 bridgehead atoms. The molecule has 0 aromatic heterocycles. The average Bonchev–Trinajstić information content (AvgIpc) is 2.68. The third-order valence-corrected chi connectivity index (χ3v) is 2.92. The summed E-state index contributed by atoms with van der Waals surface area (Å²) in [6.07, 6.45) is 47.6. The molecule has 0 aliphatic carbocycles. The van der Waals surface area contributed by atoms with Crippen LogP contribution < -0.4 is 0 Å². The van der Waals surface area contributed by atoms with Crippen LogP contribution in [0.25, 0.3) is 0 Å². The minimum atomic E-state index is 1.14. The van der Waals surface area contributed by atoms with Crippen LogP contribution in [0.1, 0.15) is 19.8 Å². The lowest BCUT2D eigenvalue weighted by Crippen LogP contribution is -1.58. The monoisotopic (exact) mass is 355 g/mol. The fourth-order valence-electron chi connectivity index (χ4n) is 1.62. The number of hydrogen-bond donors (Lipinski definition) is 0. The highest BCUT2D eigenvalue weighted by Gasteiger charge is 1.69. The second-order valence-electron chi connectivity index (χ2n) is 5.26. The molecule has 0 unspecified atom stereocenters. The van der Waals surface area contributed by atoms with Crippen molar-refractivity contribution in [3.63, 3.8) is 0 Å². The van der Waals surface area contributed by atoms with E-state index in [2.05, 4.69) is 19.1 Å². The largest absolute Gasteiger partial charge is 0.0845 e. The summed E-state index contributed by atoms with van der Waals surface area (Å²) in [5.74, 6) is 0. The van der Waals surface area contributed by atoms with Gasteiger partial charge < -0.3 is 0 Å². The molecule has 0 amide bonds. The highest BCUT2D eigenvalue weighted by molar-refractivity contribution is 5.23. The van der Waals surface area contributed by atoms with Gasteiger partial charge in [0.25, 0.3) is 0 Å². The molecular weight excluding hydrogens is 324 g/mol. The lowest BCUT2D eigenvalue weighted by atomic mass is 10.3. The second-order valence-corrected chi connectivity index (χ2v) is 5.26. The minimum absolute atomic E-state index is 1.14. The first-order valence-electron chi connectivity index (χ1n) is 9.28. The van der Waals surface area contributed by atoms with Gasteiger partial charge in [-0.25, -0.2) is 0 Å². The summed E-state index contributed by atoms with van der Waals surface area (Å²) in [7, 11) is 0. The molecule has 0 saturated carbocycles. The Hall–Kier alpha value is -3.12. The van der Waals surface area contributed by atoms with Gasteiger partial charge in [-0.05, 0) is 6.42 Å². The molecule has 0 saturated heterocycles. The normalized spacial score (nSPS) is 14.4.